The molecule has 0 spiro atoms. The third kappa shape index (κ3) is 3.74. The Morgan fingerprint density at radius 1 is 1.21 bits per heavy atom. The largest absolute Gasteiger partial charge is 0.354 e. The molecule has 2 amide bonds. The van der Waals surface area contributed by atoms with Gasteiger partial charge in [-0.3, -0.25) is 9.59 Å². The van der Waals surface area contributed by atoms with E-state index in [1.54, 1.807) is 0 Å². The van der Waals surface area contributed by atoms with Crippen molar-refractivity contribution in [2.45, 2.75) is 19.3 Å². The molecule has 5 heteroatoms. The second kappa shape index (κ2) is 5.59. The number of carbonyl (C=O) groups excluding carboxylic acids is 2. The fourth-order valence-electron chi connectivity index (χ4n) is 1.27. The SMILES string of the molecule is NCC(=O)NCC(=O)NCC1CCC1. The highest BCUT2D eigenvalue weighted by Crippen LogP contribution is 2.24. The molecule has 0 aromatic heterocycles. The zero-order chi connectivity index (χ0) is 10.4. The third-order valence-electron chi connectivity index (χ3n) is 2.44. The summed E-state index contributed by atoms with van der Waals surface area (Å²) in [6.07, 6.45) is 3.68. The zero-order valence-corrected chi connectivity index (χ0v) is 8.21. The van der Waals surface area contributed by atoms with E-state index >= 15 is 0 Å². The van der Waals surface area contributed by atoms with E-state index in [-0.39, 0.29) is 24.9 Å². The minimum absolute atomic E-state index is 0.0305. The number of nitrogens with one attached hydrogen (secondary N) is 2. The number of hydrogen-bond acceptors (Lipinski definition) is 3. The number of amides is 2. The predicted molar refractivity (Wildman–Crippen MR) is 52.4 cm³/mol. The van der Waals surface area contributed by atoms with E-state index in [4.69, 9.17) is 5.73 Å². The molecule has 0 unspecified atom stereocenters. The first kappa shape index (κ1) is 11.0. The van der Waals surface area contributed by atoms with Gasteiger partial charge in [0.05, 0.1) is 13.1 Å². The van der Waals surface area contributed by atoms with Crippen LogP contribution in [-0.2, 0) is 9.59 Å². The van der Waals surface area contributed by atoms with Crippen molar-refractivity contribution in [1.82, 2.24) is 10.6 Å². The maximum absolute atomic E-state index is 11.1. The van der Waals surface area contributed by atoms with Crippen LogP contribution in [0.3, 0.4) is 0 Å². The third-order valence-corrected chi connectivity index (χ3v) is 2.44. The van der Waals surface area contributed by atoms with Gasteiger partial charge in [0.1, 0.15) is 0 Å². The second-order valence-electron chi connectivity index (χ2n) is 3.58. The van der Waals surface area contributed by atoms with Gasteiger partial charge in [0.25, 0.3) is 0 Å². The van der Waals surface area contributed by atoms with Gasteiger partial charge >= 0.3 is 0 Å². The van der Waals surface area contributed by atoms with Crippen molar-refractivity contribution in [3.63, 3.8) is 0 Å². The van der Waals surface area contributed by atoms with Crippen LogP contribution in [0.1, 0.15) is 19.3 Å². The van der Waals surface area contributed by atoms with Gasteiger partial charge in [-0.1, -0.05) is 6.42 Å². The lowest BCUT2D eigenvalue weighted by molar-refractivity contribution is -0.125. The summed E-state index contributed by atoms with van der Waals surface area (Å²) in [7, 11) is 0. The lowest BCUT2D eigenvalue weighted by Gasteiger charge is -2.25. The average molecular weight is 199 g/mol. The Balaban J connectivity index is 2.00. The molecular formula is C9H17N3O2. The molecule has 0 atom stereocenters. The van der Waals surface area contributed by atoms with Gasteiger partial charge in [-0.2, -0.15) is 0 Å². The van der Waals surface area contributed by atoms with Crippen LogP contribution in [-0.4, -0.2) is 31.4 Å². The van der Waals surface area contributed by atoms with E-state index < -0.39 is 0 Å². The van der Waals surface area contributed by atoms with E-state index in [1.165, 1.54) is 19.3 Å². The molecule has 0 bridgehead atoms. The quantitative estimate of drug-likeness (QED) is 0.530. The van der Waals surface area contributed by atoms with Crippen molar-refractivity contribution in [3.05, 3.63) is 0 Å². The maximum atomic E-state index is 11.1. The second-order valence-corrected chi connectivity index (χ2v) is 3.58. The Bertz CT molecular complexity index is 214. The molecule has 1 saturated carbocycles. The summed E-state index contributed by atoms with van der Waals surface area (Å²) < 4.78 is 0. The minimum Gasteiger partial charge on any atom is -0.354 e. The fraction of sp³-hybridized carbons (Fsp3) is 0.778. The standard InChI is InChI=1S/C9H17N3O2/c10-4-8(13)12-6-9(14)11-5-7-2-1-3-7/h7H,1-6,10H2,(H,11,14)(H,12,13). The van der Waals surface area contributed by atoms with Crippen molar-refractivity contribution in [2.24, 2.45) is 11.7 Å². The monoisotopic (exact) mass is 199 g/mol. The van der Waals surface area contributed by atoms with Crippen molar-refractivity contribution < 1.29 is 9.59 Å². The molecule has 80 valence electrons. The molecule has 1 fully saturated rings. The summed E-state index contributed by atoms with van der Waals surface area (Å²) in [4.78, 5) is 21.8. The average Bonchev–Trinajstić information content (AvgIpc) is 2.11. The molecule has 0 radical (unpaired) electrons. The van der Waals surface area contributed by atoms with Gasteiger partial charge in [-0.15, -0.1) is 0 Å². The number of nitrogens with two attached hydrogens (primary N) is 1. The van der Waals surface area contributed by atoms with Gasteiger partial charge in [0.2, 0.25) is 11.8 Å². The number of hydrogen-bond donors (Lipinski definition) is 3. The van der Waals surface area contributed by atoms with Crippen LogP contribution in [0, 0.1) is 5.92 Å². The molecule has 1 aliphatic rings. The molecule has 0 heterocycles. The molecule has 0 aromatic carbocycles. The van der Waals surface area contributed by atoms with Crippen LogP contribution >= 0.6 is 0 Å². The summed E-state index contributed by atoms with van der Waals surface area (Å²) in [6, 6.07) is 0. The summed E-state index contributed by atoms with van der Waals surface area (Å²) in [5.41, 5.74) is 5.07. The molecule has 0 saturated heterocycles. The van der Waals surface area contributed by atoms with Crippen molar-refractivity contribution in [3.8, 4) is 0 Å². The van der Waals surface area contributed by atoms with Crippen LogP contribution in [0.2, 0.25) is 0 Å². The Morgan fingerprint density at radius 3 is 2.43 bits per heavy atom. The van der Waals surface area contributed by atoms with Crippen molar-refractivity contribution in [1.29, 1.82) is 0 Å². The molecular weight excluding hydrogens is 182 g/mol. The molecule has 0 aromatic rings. The Labute approximate surface area is 83.4 Å². The van der Waals surface area contributed by atoms with E-state index in [9.17, 15) is 9.59 Å². The van der Waals surface area contributed by atoms with E-state index in [0.717, 1.165) is 6.54 Å². The molecule has 14 heavy (non-hydrogen) atoms. The first-order valence-corrected chi connectivity index (χ1v) is 4.96. The van der Waals surface area contributed by atoms with Gasteiger partial charge in [-0.25, -0.2) is 0 Å². The normalized spacial score (nSPS) is 15.8. The summed E-state index contributed by atoms with van der Waals surface area (Å²) in [5, 5.41) is 5.19. The highest BCUT2D eigenvalue weighted by atomic mass is 16.2. The molecule has 5 nitrogen and oxygen atoms in total. The van der Waals surface area contributed by atoms with E-state index in [1.807, 2.05) is 0 Å². The van der Waals surface area contributed by atoms with Crippen LogP contribution in [0.15, 0.2) is 0 Å². The van der Waals surface area contributed by atoms with Gasteiger partial charge in [0, 0.05) is 6.54 Å². The molecule has 1 aliphatic carbocycles. The van der Waals surface area contributed by atoms with Gasteiger partial charge in [-0.05, 0) is 18.8 Å². The summed E-state index contributed by atoms with van der Waals surface area (Å²) >= 11 is 0. The Morgan fingerprint density at radius 2 is 1.93 bits per heavy atom. The van der Waals surface area contributed by atoms with Crippen molar-refractivity contribution in [2.75, 3.05) is 19.6 Å². The minimum atomic E-state index is -0.302. The fourth-order valence-corrected chi connectivity index (χ4v) is 1.27. The van der Waals surface area contributed by atoms with E-state index in [2.05, 4.69) is 10.6 Å². The highest BCUT2D eigenvalue weighted by molar-refractivity contribution is 5.85. The van der Waals surface area contributed by atoms with Crippen LogP contribution in [0.25, 0.3) is 0 Å². The lowest BCUT2D eigenvalue weighted by Crippen LogP contribution is -2.41. The predicted octanol–water partition coefficient (Wildman–Crippen LogP) is -1.02. The van der Waals surface area contributed by atoms with Crippen LogP contribution in [0.4, 0.5) is 0 Å². The van der Waals surface area contributed by atoms with E-state index in [0.29, 0.717) is 5.92 Å². The number of rotatable bonds is 5. The topological polar surface area (TPSA) is 84.2 Å². The number of carbonyl (C=O) groups is 2. The summed E-state index contributed by atoms with van der Waals surface area (Å²) in [5.74, 6) is 0.201. The van der Waals surface area contributed by atoms with Crippen LogP contribution in [0.5, 0.6) is 0 Å². The van der Waals surface area contributed by atoms with Crippen LogP contribution < -0.4 is 16.4 Å². The van der Waals surface area contributed by atoms with Gasteiger partial charge < -0.3 is 16.4 Å². The van der Waals surface area contributed by atoms with Gasteiger partial charge in [0.15, 0.2) is 0 Å². The summed E-state index contributed by atoms with van der Waals surface area (Å²) in [6.45, 7) is 0.690. The zero-order valence-electron chi connectivity index (χ0n) is 8.21. The smallest absolute Gasteiger partial charge is 0.239 e. The molecule has 4 N–H and O–H groups in total. The Hall–Kier alpha value is -1.10. The first-order chi connectivity index (χ1) is 6.72. The first-order valence-electron chi connectivity index (χ1n) is 4.96. The molecule has 0 aliphatic heterocycles. The highest BCUT2D eigenvalue weighted by Gasteiger charge is 2.17. The molecule has 1 rings (SSSR count). The lowest BCUT2D eigenvalue weighted by atomic mass is 9.85. The van der Waals surface area contributed by atoms with Crippen molar-refractivity contribution >= 4 is 11.8 Å². The maximum Gasteiger partial charge on any atom is 0.239 e. The Kier molecular flexibility index (Phi) is 4.39.